The van der Waals surface area contributed by atoms with Crippen molar-refractivity contribution in [2.24, 2.45) is 0 Å². The molecule has 5 nitrogen and oxygen atoms in total. The second-order valence-electron chi connectivity index (χ2n) is 5.59. The smallest absolute Gasteiger partial charge is 0.244 e. The highest BCUT2D eigenvalue weighted by Crippen LogP contribution is 2.39. The normalized spacial score (nSPS) is 25.7. The molecule has 1 atom stereocenters. The van der Waals surface area contributed by atoms with Gasteiger partial charge in [-0.2, -0.15) is 4.31 Å². The molecule has 0 radical (unpaired) electrons. The second-order valence-corrected chi connectivity index (χ2v) is 7.90. The SMILES string of the molecule is CO[C@H]1CCOC2(C1)CN(S(=O)(=O)c1ccccc1Cl)C2. The Morgan fingerprint density at radius 1 is 1.38 bits per heavy atom. The Morgan fingerprint density at radius 2 is 2.10 bits per heavy atom. The van der Waals surface area contributed by atoms with Crippen LogP contribution in [0.4, 0.5) is 0 Å². The van der Waals surface area contributed by atoms with E-state index in [1.807, 2.05) is 0 Å². The molecule has 7 heteroatoms. The topological polar surface area (TPSA) is 55.8 Å². The van der Waals surface area contributed by atoms with Crippen molar-refractivity contribution in [1.29, 1.82) is 0 Å². The van der Waals surface area contributed by atoms with Gasteiger partial charge in [-0.25, -0.2) is 8.42 Å². The van der Waals surface area contributed by atoms with Gasteiger partial charge in [0.05, 0.1) is 16.7 Å². The maximum Gasteiger partial charge on any atom is 0.244 e. The fourth-order valence-electron chi connectivity index (χ4n) is 2.96. The Kier molecular flexibility index (Phi) is 4.00. The van der Waals surface area contributed by atoms with E-state index in [-0.39, 0.29) is 16.0 Å². The van der Waals surface area contributed by atoms with Crippen molar-refractivity contribution in [3.8, 4) is 0 Å². The van der Waals surface area contributed by atoms with Gasteiger partial charge in [-0.1, -0.05) is 23.7 Å². The van der Waals surface area contributed by atoms with Crippen LogP contribution in [0.2, 0.25) is 5.02 Å². The molecule has 116 valence electrons. The molecule has 0 N–H and O–H groups in total. The zero-order valence-corrected chi connectivity index (χ0v) is 13.4. The van der Waals surface area contributed by atoms with Crippen LogP contribution in [0.1, 0.15) is 12.8 Å². The third-order valence-electron chi connectivity index (χ3n) is 4.16. The molecule has 2 fully saturated rings. The molecule has 2 saturated heterocycles. The molecule has 0 saturated carbocycles. The van der Waals surface area contributed by atoms with E-state index in [1.54, 1.807) is 25.3 Å². The Bertz CT molecular complexity index is 628. The minimum atomic E-state index is -3.55. The van der Waals surface area contributed by atoms with E-state index in [4.69, 9.17) is 21.1 Å². The average Bonchev–Trinajstić information content (AvgIpc) is 2.45. The minimum Gasteiger partial charge on any atom is -0.381 e. The molecule has 0 unspecified atom stereocenters. The van der Waals surface area contributed by atoms with Crippen LogP contribution in [0, 0.1) is 0 Å². The quantitative estimate of drug-likeness (QED) is 0.849. The van der Waals surface area contributed by atoms with Crippen LogP contribution >= 0.6 is 11.6 Å². The molecular weight excluding hydrogens is 314 g/mol. The van der Waals surface area contributed by atoms with Crippen LogP contribution in [0.3, 0.4) is 0 Å². The van der Waals surface area contributed by atoms with Crippen molar-refractivity contribution in [2.75, 3.05) is 26.8 Å². The van der Waals surface area contributed by atoms with Gasteiger partial charge in [0, 0.05) is 33.2 Å². The third kappa shape index (κ3) is 2.71. The first-order chi connectivity index (χ1) is 9.97. The number of hydrogen-bond donors (Lipinski definition) is 0. The molecule has 2 heterocycles. The van der Waals surface area contributed by atoms with Gasteiger partial charge in [-0.05, 0) is 18.6 Å². The maximum absolute atomic E-state index is 12.6. The number of hydrogen-bond acceptors (Lipinski definition) is 4. The zero-order valence-electron chi connectivity index (χ0n) is 11.8. The summed E-state index contributed by atoms with van der Waals surface area (Å²) < 4.78 is 37.7. The van der Waals surface area contributed by atoms with Crippen LogP contribution < -0.4 is 0 Å². The van der Waals surface area contributed by atoms with E-state index in [2.05, 4.69) is 0 Å². The van der Waals surface area contributed by atoms with Gasteiger partial charge in [-0.3, -0.25) is 0 Å². The lowest BCUT2D eigenvalue weighted by Crippen LogP contribution is -2.67. The Morgan fingerprint density at radius 3 is 2.76 bits per heavy atom. The van der Waals surface area contributed by atoms with Crippen molar-refractivity contribution in [3.05, 3.63) is 29.3 Å². The minimum absolute atomic E-state index is 0.143. The number of benzene rings is 1. The molecule has 1 aromatic rings. The summed E-state index contributed by atoms with van der Waals surface area (Å²) in [7, 11) is -1.87. The summed E-state index contributed by atoms with van der Waals surface area (Å²) in [6, 6.07) is 6.50. The Hall–Kier alpha value is -0.660. The molecule has 0 amide bonds. The predicted molar refractivity (Wildman–Crippen MR) is 78.9 cm³/mol. The molecule has 0 aliphatic carbocycles. The van der Waals surface area contributed by atoms with Gasteiger partial charge in [-0.15, -0.1) is 0 Å². The number of halogens is 1. The van der Waals surface area contributed by atoms with Crippen LogP contribution in [-0.2, 0) is 19.5 Å². The van der Waals surface area contributed by atoms with Gasteiger partial charge in [0.15, 0.2) is 0 Å². The molecule has 0 bridgehead atoms. The van der Waals surface area contributed by atoms with Crippen molar-refractivity contribution < 1.29 is 17.9 Å². The van der Waals surface area contributed by atoms with Gasteiger partial charge >= 0.3 is 0 Å². The Labute approximate surface area is 129 Å². The summed E-state index contributed by atoms with van der Waals surface area (Å²) in [4.78, 5) is 0.153. The lowest BCUT2D eigenvalue weighted by molar-refractivity contribution is -0.173. The van der Waals surface area contributed by atoms with Crippen LogP contribution in [-0.4, -0.2) is 51.2 Å². The summed E-state index contributed by atoms with van der Waals surface area (Å²) in [5.41, 5.74) is -0.396. The lowest BCUT2D eigenvalue weighted by Gasteiger charge is -2.52. The second kappa shape index (κ2) is 5.52. The predicted octanol–water partition coefficient (Wildman–Crippen LogP) is 1.91. The van der Waals surface area contributed by atoms with Crippen molar-refractivity contribution >= 4 is 21.6 Å². The average molecular weight is 332 g/mol. The molecule has 0 aromatic heterocycles. The zero-order chi connectivity index (χ0) is 15.1. The van der Waals surface area contributed by atoms with Crippen LogP contribution in [0.15, 0.2) is 29.2 Å². The van der Waals surface area contributed by atoms with E-state index in [0.29, 0.717) is 19.7 Å². The van der Waals surface area contributed by atoms with Crippen LogP contribution in [0.5, 0.6) is 0 Å². The lowest BCUT2D eigenvalue weighted by atomic mass is 9.86. The summed E-state index contributed by atoms with van der Waals surface area (Å²) in [5.74, 6) is 0. The number of ether oxygens (including phenoxy) is 2. The summed E-state index contributed by atoms with van der Waals surface area (Å²) >= 11 is 6.00. The number of sulfonamides is 1. The first kappa shape index (κ1) is 15.2. The van der Waals surface area contributed by atoms with Gasteiger partial charge in [0.2, 0.25) is 10.0 Å². The monoisotopic (exact) mass is 331 g/mol. The highest BCUT2D eigenvalue weighted by molar-refractivity contribution is 7.89. The molecule has 1 aromatic carbocycles. The molecular formula is C14H18ClNO4S. The van der Waals surface area contributed by atoms with Gasteiger partial charge in [0.25, 0.3) is 0 Å². The Balaban J connectivity index is 1.75. The first-order valence-corrected chi connectivity index (χ1v) is 8.70. The van der Waals surface area contributed by atoms with Crippen molar-refractivity contribution in [2.45, 2.75) is 29.4 Å². The number of nitrogens with zero attached hydrogens (tertiary/aromatic N) is 1. The van der Waals surface area contributed by atoms with E-state index >= 15 is 0 Å². The molecule has 1 spiro atoms. The standard InChI is InChI=1S/C14H18ClNO4S/c1-19-11-6-7-20-14(8-11)9-16(10-14)21(17,18)13-5-3-2-4-12(13)15/h2-5,11H,6-10H2,1H3/t11-/m0/s1. The highest BCUT2D eigenvalue weighted by atomic mass is 35.5. The molecule has 3 rings (SSSR count). The third-order valence-corrected chi connectivity index (χ3v) is 6.46. The van der Waals surface area contributed by atoms with Crippen LogP contribution in [0.25, 0.3) is 0 Å². The molecule has 2 aliphatic rings. The summed E-state index contributed by atoms with van der Waals surface area (Å²) in [6.07, 6.45) is 1.73. The van der Waals surface area contributed by atoms with Gasteiger partial charge in [0.1, 0.15) is 4.90 Å². The van der Waals surface area contributed by atoms with Crippen molar-refractivity contribution in [1.82, 2.24) is 4.31 Å². The summed E-state index contributed by atoms with van der Waals surface area (Å²) in [5, 5.41) is 0.248. The van der Waals surface area contributed by atoms with Crippen molar-refractivity contribution in [3.63, 3.8) is 0 Å². The molecule has 21 heavy (non-hydrogen) atoms. The largest absolute Gasteiger partial charge is 0.381 e. The first-order valence-electron chi connectivity index (χ1n) is 6.88. The maximum atomic E-state index is 12.6. The summed E-state index contributed by atoms with van der Waals surface area (Å²) in [6.45, 7) is 1.33. The van der Waals surface area contributed by atoms with E-state index in [1.165, 1.54) is 10.4 Å². The van der Waals surface area contributed by atoms with Gasteiger partial charge < -0.3 is 9.47 Å². The fourth-order valence-corrected chi connectivity index (χ4v) is 5.05. The van der Waals surface area contributed by atoms with E-state index < -0.39 is 15.6 Å². The molecule has 2 aliphatic heterocycles. The fraction of sp³-hybridized carbons (Fsp3) is 0.571. The van der Waals surface area contributed by atoms with E-state index in [9.17, 15) is 8.42 Å². The highest BCUT2D eigenvalue weighted by Gasteiger charge is 2.52. The number of methoxy groups -OCH3 is 1. The van der Waals surface area contributed by atoms with E-state index in [0.717, 1.165) is 12.8 Å². The number of rotatable bonds is 3.